The van der Waals surface area contributed by atoms with Crippen LogP contribution in [-0.4, -0.2) is 15.7 Å². The smallest absolute Gasteiger partial charge is 0.258 e. The number of hydrogen-bond donors (Lipinski definition) is 1. The van der Waals surface area contributed by atoms with Gasteiger partial charge in [0.2, 0.25) is 0 Å². The average Bonchev–Trinajstić information content (AvgIpc) is 2.20. The van der Waals surface area contributed by atoms with Crippen molar-refractivity contribution in [3.63, 3.8) is 0 Å². The van der Waals surface area contributed by atoms with Gasteiger partial charge in [-0.3, -0.25) is 10.1 Å². The molecule has 0 aromatic carbocycles. The molecule has 1 aromatic heterocycles. The highest BCUT2D eigenvalue weighted by Crippen LogP contribution is 2.21. The largest absolute Gasteiger partial charge is 0.296 e. The lowest BCUT2D eigenvalue weighted by Gasteiger charge is -1.96. The van der Waals surface area contributed by atoms with E-state index in [1.54, 1.807) is 12.2 Å². The van der Waals surface area contributed by atoms with Gasteiger partial charge in [-0.15, -0.1) is 0 Å². The second-order valence-electron chi connectivity index (χ2n) is 2.73. The molecule has 0 saturated carbocycles. The zero-order valence-corrected chi connectivity index (χ0v) is 9.41. The van der Waals surface area contributed by atoms with Crippen molar-refractivity contribution in [3.8, 4) is 0 Å². The number of nitro groups is 1. The summed E-state index contributed by atoms with van der Waals surface area (Å²) < 4.78 is 0. The molecule has 1 aromatic rings. The van der Waals surface area contributed by atoms with Crippen molar-refractivity contribution in [1.29, 1.82) is 0 Å². The third kappa shape index (κ3) is 3.53. The first-order chi connectivity index (χ1) is 7.15. The van der Waals surface area contributed by atoms with E-state index in [1.807, 2.05) is 0 Å². The average molecular weight is 245 g/mol. The van der Waals surface area contributed by atoms with Crippen molar-refractivity contribution in [2.75, 3.05) is 5.75 Å². The zero-order chi connectivity index (χ0) is 11.3. The Morgan fingerprint density at radius 3 is 3.00 bits per heavy atom. The van der Waals surface area contributed by atoms with E-state index in [-0.39, 0.29) is 10.7 Å². The van der Waals surface area contributed by atoms with Crippen LogP contribution in [0.15, 0.2) is 18.3 Å². The molecule has 0 fully saturated rings. The minimum atomic E-state index is -0.501. The molecule has 0 bridgehead atoms. The van der Waals surface area contributed by atoms with E-state index in [9.17, 15) is 10.1 Å². The molecule has 0 spiro atoms. The van der Waals surface area contributed by atoms with Crippen LogP contribution < -0.4 is 0 Å². The summed E-state index contributed by atoms with van der Waals surface area (Å²) in [5.41, 5.74) is 0.226. The molecule has 1 rings (SSSR count). The second kappa shape index (κ2) is 5.72. The van der Waals surface area contributed by atoms with Gasteiger partial charge in [0.25, 0.3) is 5.69 Å². The normalized spacial score (nSPS) is 10.8. The minimum Gasteiger partial charge on any atom is -0.258 e. The van der Waals surface area contributed by atoms with Crippen LogP contribution in [0.25, 0.3) is 6.08 Å². The topological polar surface area (TPSA) is 56.0 Å². The van der Waals surface area contributed by atoms with E-state index < -0.39 is 4.92 Å². The van der Waals surface area contributed by atoms with Gasteiger partial charge in [0.05, 0.1) is 9.95 Å². The summed E-state index contributed by atoms with van der Waals surface area (Å²) in [5, 5.41) is 10.9. The molecule has 0 aliphatic rings. The summed E-state index contributed by atoms with van der Waals surface area (Å²) in [5.74, 6) is 0.692. The summed E-state index contributed by atoms with van der Waals surface area (Å²) in [6, 6.07) is 1.29. The van der Waals surface area contributed by atoms with Crippen LogP contribution in [-0.2, 0) is 0 Å². The van der Waals surface area contributed by atoms with Crippen LogP contribution in [0.2, 0.25) is 5.02 Å². The number of aromatic nitrogens is 1. The first-order valence-electron chi connectivity index (χ1n) is 4.22. The number of thiol groups is 1. The summed E-state index contributed by atoms with van der Waals surface area (Å²) in [7, 11) is 0. The van der Waals surface area contributed by atoms with Crippen LogP contribution in [0, 0.1) is 10.1 Å². The Bertz CT molecular complexity index is 396. The fourth-order valence-electron chi connectivity index (χ4n) is 0.983. The molecule has 0 saturated heterocycles. The molecule has 0 N–H and O–H groups in total. The van der Waals surface area contributed by atoms with Crippen LogP contribution in [0.3, 0.4) is 0 Å². The SMILES string of the molecule is O=[N+]([O-])c1cc(Cl)cnc1C=CCCS. The highest BCUT2D eigenvalue weighted by molar-refractivity contribution is 7.80. The number of nitrogens with zero attached hydrogens (tertiary/aromatic N) is 2. The molecule has 0 amide bonds. The Balaban J connectivity index is 3.01. The van der Waals surface area contributed by atoms with Crippen molar-refractivity contribution >= 4 is 36.0 Å². The van der Waals surface area contributed by atoms with Gasteiger partial charge in [-0.2, -0.15) is 12.6 Å². The van der Waals surface area contributed by atoms with Gasteiger partial charge in [0.1, 0.15) is 5.69 Å². The van der Waals surface area contributed by atoms with E-state index in [0.717, 1.165) is 6.42 Å². The number of hydrogen-bond acceptors (Lipinski definition) is 4. The third-order valence-corrected chi connectivity index (χ3v) is 2.10. The molecular formula is C9H9ClN2O2S. The molecule has 0 unspecified atom stereocenters. The fraction of sp³-hybridized carbons (Fsp3) is 0.222. The van der Waals surface area contributed by atoms with Gasteiger partial charge >= 0.3 is 0 Å². The van der Waals surface area contributed by atoms with Gasteiger partial charge in [-0.05, 0) is 18.2 Å². The van der Waals surface area contributed by atoms with Crippen molar-refractivity contribution in [2.45, 2.75) is 6.42 Å². The van der Waals surface area contributed by atoms with Crippen LogP contribution in [0.1, 0.15) is 12.1 Å². The highest BCUT2D eigenvalue weighted by Gasteiger charge is 2.12. The van der Waals surface area contributed by atoms with E-state index in [4.69, 9.17) is 11.6 Å². The first-order valence-corrected chi connectivity index (χ1v) is 5.23. The Morgan fingerprint density at radius 2 is 2.40 bits per heavy atom. The molecule has 80 valence electrons. The summed E-state index contributed by atoms with van der Waals surface area (Å²) in [6.07, 6.45) is 5.51. The molecule has 1 heterocycles. The molecule has 6 heteroatoms. The number of rotatable bonds is 4. The lowest BCUT2D eigenvalue weighted by Crippen LogP contribution is -1.93. The van der Waals surface area contributed by atoms with E-state index in [1.165, 1.54) is 12.3 Å². The van der Waals surface area contributed by atoms with E-state index in [0.29, 0.717) is 11.4 Å². The maximum absolute atomic E-state index is 10.7. The minimum absolute atomic E-state index is 0.0853. The predicted molar refractivity (Wildman–Crippen MR) is 63.4 cm³/mol. The van der Waals surface area contributed by atoms with E-state index >= 15 is 0 Å². The lowest BCUT2D eigenvalue weighted by molar-refractivity contribution is -0.385. The zero-order valence-electron chi connectivity index (χ0n) is 7.76. The maximum Gasteiger partial charge on any atom is 0.296 e. The third-order valence-electron chi connectivity index (χ3n) is 1.63. The second-order valence-corrected chi connectivity index (χ2v) is 3.61. The van der Waals surface area contributed by atoms with Crippen molar-refractivity contribution in [3.05, 3.63) is 39.2 Å². The number of allylic oxidation sites excluding steroid dienone is 1. The number of pyridine rings is 1. The van der Waals surface area contributed by atoms with Gasteiger partial charge in [0.15, 0.2) is 0 Å². The van der Waals surface area contributed by atoms with Gasteiger partial charge in [-0.25, -0.2) is 4.98 Å². The molecule has 0 aliphatic heterocycles. The predicted octanol–water partition coefficient (Wildman–Crippen LogP) is 2.98. The van der Waals surface area contributed by atoms with Crippen molar-refractivity contribution < 1.29 is 4.92 Å². The molecule has 0 radical (unpaired) electrons. The Labute approximate surface area is 97.5 Å². The van der Waals surface area contributed by atoms with E-state index in [2.05, 4.69) is 17.6 Å². The molecule has 15 heavy (non-hydrogen) atoms. The molecule has 0 aliphatic carbocycles. The lowest BCUT2D eigenvalue weighted by atomic mass is 10.2. The molecule has 0 atom stereocenters. The van der Waals surface area contributed by atoms with Crippen LogP contribution >= 0.6 is 24.2 Å². The van der Waals surface area contributed by atoms with Crippen LogP contribution in [0.5, 0.6) is 0 Å². The Kier molecular flexibility index (Phi) is 4.58. The van der Waals surface area contributed by atoms with Gasteiger partial charge < -0.3 is 0 Å². The summed E-state index contributed by atoms with van der Waals surface area (Å²) in [6.45, 7) is 0. The van der Waals surface area contributed by atoms with Gasteiger partial charge in [-0.1, -0.05) is 17.7 Å². The molecule has 4 nitrogen and oxygen atoms in total. The van der Waals surface area contributed by atoms with Crippen molar-refractivity contribution in [2.24, 2.45) is 0 Å². The Morgan fingerprint density at radius 1 is 1.67 bits per heavy atom. The monoisotopic (exact) mass is 244 g/mol. The van der Waals surface area contributed by atoms with Gasteiger partial charge in [0, 0.05) is 12.3 Å². The van der Waals surface area contributed by atoms with Crippen LogP contribution in [0.4, 0.5) is 5.69 Å². The molecular weight excluding hydrogens is 236 g/mol. The summed E-state index contributed by atoms with van der Waals surface area (Å²) >= 11 is 9.64. The Hall–Kier alpha value is -1.07. The quantitative estimate of drug-likeness (QED) is 0.503. The fourth-order valence-corrected chi connectivity index (χ4v) is 1.28. The first kappa shape index (κ1) is 12.0. The summed E-state index contributed by atoms with van der Waals surface area (Å²) in [4.78, 5) is 14.0. The standard InChI is InChI=1S/C9H9ClN2O2S/c10-7-5-9(12(13)14)8(11-6-7)3-1-2-4-15/h1,3,5-6,15H,2,4H2. The maximum atomic E-state index is 10.7. The highest BCUT2D eigenvalue weighted by atomic mass is 35.5. The number of halogens is 1. The van der Waals surface area contributed by atoms with Crippen molar-refractivity contribution in [1.82, 2.24) is 4.98 Å².